The van der Waals surface area contributed by atoms with Crippen LogP contribution in [-0.4, -0.2) is 9.97 Å². The van der Waals surface area contributed by atoms with Gasteiger partial charge in [-0.2, -0.15) is 0 Å². The largest absolute Gasteiger partial charge is 0.339 e. The first-order chi connectivity index (χ1) is 8.83. The van der Waals surface area contributed by atoms with Crippen molar-refractivity contribution in [1.82, 2.24) is 9.97 Å². The van der Waals surface area contributed by atoms with Crippen LogP contribution in [0, 0.1) is 3.57 Å². The van der Waals surface area contributed by atoms with Gasteiger partial charge in [0.05, 0.1) is 5.52 Å². The molecule has 1 N–H and O–H groups in total. The molecule has 2 aliphatic heterocycles. The second kappa shape index (κ2) is 3.68. The quantitative estimate of drug-likeness (QED) is 0.470. The summed E-state index contributed by atoms with van der Waals surface area (Å²) >= 11 is 2.37. The predicted octanol–water partition coefficient (Wildman–Crippen LogP) is 4.43. The van der Waals surface area contributed by atoms with Crippen molar-refractivity contribution in [3.05, 3.63) is 52.1 Å². The molecule has 0 radical (unpaired) electrons. The van der Waals surface area contributed by atoms with Gasteiger partial charge in [-0.15, -0.1) is 0 Å². The molecule has 3 heteroatoms. The molecule has 0 bridgehead atoms. The van der Waals surface area contributed by atoms with E-state index in [1.807, 2.05) is 6.07 Å². The number of aromatic amines is 1. The van der Waals surface area contributed by atoms with Gasteiger partial charge < -0.3 is 4.98 Å². The molecule has 0 saturated carbocycles. The molecular formula is C15H9IN2. The second-order valence-corrected chi connectivity index (χ2v) is 5.52. The Morgan fingerprint density at radius 3 is 2.78 bits per heavy atom. The van der Waals surface area contributed by atoms with Crippen LogP contribution in [0.1, 0.15) is 0 Å². The number of benzene rings is 2. The second-order valence-electron chi connectivity index (χ2n) is 4.36. The number of aromatic nitrogens is 2. The molecule has 2 aromatic rings. The average molecular weight is 344 g/mol. The van der Waals surface area contributed by atoms with E-state index in [1.54, 1.807) is 0 Å². The Morgan fingerprint density at radius 2 is 1.83 bits per heavy atom. The smallest absolute Gasteiger partial charge is 0.139 e. The highest BCUT2D eigenvalue weighted by Crippen LogP contribution is 2.33. The molecule has 0 amide bonds. The van der Waals surface area contributed by atoms with Crippen LogP contribution >= 0.6 is 22.6 Å². The maximum absolute atomic E-state index is 4.64. The summed E-state index contributed by atoms with van der Waals surface area (Å²) in [4.78, 5) is 8.06. The highest BCUT2D eigenvalue weighted by Gasteiger charge is 2.13. The molecule has 0 atom stereocenters. The lowest BCUT2D eigenvalue weighted by Crippen LogP contribution is -1.87. The lowest BCUT2D eigenvalue weighted by Gasteiger charge is -2.05. The number of halogens is 1. The minimum Gasteiger partial charge on any atom is -0.339 e. The number of para-hydroxylation sites is 1. The molecule has 0 aliphatic carbocycles. The van der Waals surface area contributed by atoms with E-state index in [9.17, 15) is 0 Å². The first-order valence-electron chi connectivity index (χ1n) is 5.78. The van der Waals surface area contributed by atoms with Crippen molar-refractivity contribution in [2.75, 3.05) is 0 Å². The van der Waals surface area contributed by atoms with Crippen LogP contribution in [0.3, 0.4) is 0 Å². The highest BCUT2D eigenvalue weighted by molar-refractivity contribution is 14.1. The fourth-order valence-corrected chi connectivity index (χ4v) is 3.07. The van der Waals surface area contributed by atoms with Crippen molar-refractivity contribution < 1.29 is 0 Å². The molecule has 0 aromatic heterocycles. The zero-order valence-electron chi connectivity index (χ0n) is 9.44. The van der Waals surface area contributed by atoms with Crippen molar-refractivity contribution in [3.8, 4) is 11.4 Å². The van der Waals surface area contributed by atoms with Gasteiger partial charge in [0.25, 0.3) is 0 Å². The lowest BCUT2D eigenvalue weighted by atomic mass is 10.1. The third-order valence-electron chi connectivity index (χ3n) is 3.28. The van der Waals surface area contributed by atoms with Crippen LogP contribution in [0.2, 0.25) is 0 Å². The van der Waals surface area contributed by atoms with E-state index in [2.05, 4.69) is 75.0 Å². The molecule has 2 heterocycles. The molecule has 2 nitrogen and oxygen atoms in total. The van der Waals surface area contributed by atoms with E-state index in [-0.39, 0.29) is 0 Å². The van der Waals surface area contributed by atoms with Gasteiger partial charge in [0, 0.05) is 25.4 Å². The summed E-state index contributed by atoms with van der Waals surface area (Å²) in [6.45, 7) is 0. The third-order valence-corrected chi connectivity index (χ3v) is 4.22. The lowest BCUT2D eigenvalue weighted by molar-refractivity contribution is 1.30. The predicted molar refractivity (Wildman–Crippen MR) is 82.9 cm³/mol. The maximum atomic E-state index is 4.64. The Balaban J connectivity index is 2.25. The molecule has 0 fully saturated rings. The molecule has 2 aromatic carbocycles. The molecule has 2 aliphatic rings. The van der Waals surface area contributed by atoms with Gasteiger partial charge in [0.2, 0.25) is 0 Å². The number of H-pyrrole nitrogens is 1. The topological polar surface area (TPSA) is 28.7 Å². The fraction of sp³-hybridized carbons (Fsp3) is 0. The maximum Gasteiger partial charge on any atom is 0.139 e. The SMILES string of the molecule is Ic1cccc2[nH]c3nc4ccccc4c-3cc12. The summed E-state index contributed by atoms with van der Waals surface area (Å²) in [5.74, 6) is 0.964. The molecule has 4 rings (SSSR count). The molecule has 18 heavy (non-hydrogen) atoms. The first-order valence-corrected chi connectivity index (χ1v) is 6.86. The monoisotopic (exact) mass is 344 g/mol. The van der Waals surface area contributed by atoms with Gasteiger partial charge in [-0.3, -0.25) is 0 Å². The van der Waals surface area contributed by atoms with E-state index in [4.69, 9.17) is 0 Å². The summed E-state index contributed by atoms with van der Waals surface area (Å²) in [7, 11) is 0. The van der Waals surface area contributed by atoms with Gasteiger partial charge in [-0.25, -0.2) is 4.98 Å². The van der Waals surface area contributed by atoms with E-state index in [0.717, 1.165) is 16.9 Å². The van der Waals surface area contributed by atoms with E-state index in [1.165, 1.54) is 19.9 Å². The molecule has 0 unspecified atom stereocenters. The molecule has 0 saturated heterocycles. The van der Waals surface area contributed by atoms with Gasteiger partial charge in [0.1, 0.15) is 5.82 Å². The molecule has 0 spiro atoms. The van der Waals surface area contributed by atoms with Crippen LogP contribution in [0.5, 0.6) is 0 Å². The number of hydrogen-bond acceptors (Lipinski definition) is 1. The van der Waals surface area contributed by atoms with Crippen LogP contribution < -0.4 is 0 Å². The van der Waals surface area contributed by atoms with Crippen LogP contribution in [0.15, 0.2) is 48.5 Å². The summed E-state index contributed by atoms with van der Waals surface area (Å²) in [6.07, 6.45) is 0. The van der Waals surface area contributed by atoms with Gasteiger partial charge in [-0.1, -0.05) is 24.3 Å². The average Bonchev–Trinajstić information content (AvgIpc) is 2.75. The first kappa shape index (κ1) is 10.3. The zero-order valence-corrected chi connectivity index (χ0v) is 11.6. The van der Waals surface area contributed by atoms with Crippen LogP contribution in [0.4, 0.5) is 0 Å². The highest BCUT2D eigenvalue weighted by atomic mass is 127. The van der Waals surface area contributed by atoms with Crippen molar-refractivity contribution in [1.29, 1.82) is 0 Å². The Hall–Kier alpha value is -1.62. The molecule has 86 valence electrons. The minimum absolute atomic E-state index is 0.964. The van der Waals surface area contributed by atoms with Crippen molar-refractivity contribution in [2.24, 2.45) is 0 Å². The summed E-state index contributed by atoms with van der Waals surface area (Å²) in [5, 5.41) is 2.47. The fourth-order valence-electron chi connectivity index (χ4n) is 2.41. The van der Waals surface area contributed by atoms with Crippen LogP contribution in [-0.2, 0) is 0 Å². The van der Waals surface area contributed by atoms with Crippen molar-refractivity contribution in [2.45, 2.75) is 0 Å². The zero-order chi connectivity index (χ0) is 12.1. The Labute approximate surface area is 118 Å². The van der Waals surface area contributed by atoms with Crippen molar-refractivity contribution in [3.63, 3.8) is 0 Å². The van der Waals surface area contributed by atoms with Gasteiger partial charge >= 0.3 is 0 Å². The number of nitrogens with one attached hydrogen (secondary N) is 1. The van der Waals surface area contributed by atoms with Crippen molar-refractivity contribution >= 4 is 44.4 Å². The van der Waals surface area contributed by atoms with Gasteiger partial charge in [0.15, 0.2) is 0 Å². The third kappa shape index (κ3) is 1.37. The standard InChI is InChI=1S/C15H9IN2/c16-12-5-3-7-14-11(12)8-10-9-4-1-2-6-13(9)17-15(10)18-14/h1-8H,(H,17,18). The number of rotatable bonds is 0. The Morgan fingerprint density at radius 1 is 0.944 bits per heavy atom. The number of fused-ring (bicyclic) bond motifs is 4. The number of nitrogens with zero attached hydrogens (tertiary/aromatic N) is 1. The summed E-state index contributed by atoms with van der Waals surface area (Å²) in [6, 6.07) is 16.8. The Bertz CT molecular complexity index is 848. The minimum atomic E-state index is 0.964. The normalized spacial score (nSPS) is 11.6. The van der Waals surface area contributed by atoms with Gasteiger partial charge in [-0.05, 0) is 46.9 Å². The molecular weight excluding hydrogens is 335 g/mol. The van der Waals surface area contributed by atoms with E-state index < -0.39 is 0 Å². The van der Waals surface area contributed by atoms with E-state index in [0.29, 0.717) is 0 Å². The number of pyridine rings is 1. The summed E-state index contributed by atoms with van der Waals surface area (Å²) in [5.41, 5.74) is 3.38. The number of hydrogen-bond donors (Lipinski definition) is 1. The van der Waals surface area contributed by atoms with E-state index >= 15 is 0 Å². The van der Waals surface area contributed by atoms with Crippen LogP contribution in [0.25, 0.3) is 33.2 Å². The summed E-state index contributed by atoms with van der Waals surface area (Å²) < 4.78 is 1.26. The Kier molecular flexibility index (Phi) is 2.11.